The van der Waals surface area contributed by atoms with Gasteiger partial charge in [0.15, 0.2) is 0 Å². The Kier molecular flexibility index (Phi) is 8.32. The number of likely N-dealkylation sites (N-methyl/N-ethyl adjacent to an activating group) is 1. The minimum Gasteiger partial charge on any atom is -0.354 e. The molecule has 1 fully saturated rings. The number of aryl methyl sites for hydroxylation is 1. The Bertz CT molecular complexity index is 1190. The van der Waals surface area contributed by atoms with Gasteiger partial charge in [-0.3, -0.25) is 4.79 Å². The largest absolute Gasteiger partial charge is 0.354 e. The third-order valence-corrected chi connectivity index (χ3v) is 6.89. The first-order valence-corrected chi connectivity index (χ1v) is 13.0. The van der Waals surface area contributed by atoms with Crippen LogP contribution in [0.5, 0.6) is 0 Å². The molecule has 0 unspecified atom stereocenters. The number of nitrogens with zero attached hydrogens (tertiary/aromatic N) is 5. The van der Waals surface area contributed by atoms with Gasteiger partial charge in [0, 0.05) is 48.9 Å². The van der Waals surface area contributed by atoms with Crippen LogP contribution in [0.15, 0.2) is 48.5 Å². The van der Waals surface area contributed by atoms with Crippen LogP contribution in [0.3, 0.4) is 0 Å². The van der Waals surface area contributed by atoms with Crippen LogP contribution in [0, 0.1) is 18.7 Å². The molecule has 1 saturated heterocycles. The molecule has 2 aromatic carbocycles. The first-order valence-electron chi connectivity index (χ1n) is 12.6. The molecule has 8 heteroatoms. The van der Waals surface area contributed by atoms with Gasteiger partial charge >= 0.3 is 0 Å². The van der Waals surface area contributed by atoms with Crippen molar-refractivity contribution in [3.05, 3.63) is 76.2 Å². The Morgan fingerprint density at radius 3 is 2.42 bits per heavy atom. The molecule has 192 valence electrons. The van der Waals surface area contributed by atoms with Gasteiger partial charge in [-0.15, -0.1) is 0 Å². The van der Waals surface area contributed by atoms with Crippen LogP contribution in [0.25, 0.3) is 5.69 Å². The van der Waals surface area contributed by atoms with Crippen LogP contribution >= 0.6 is 11.6 Å². The standard InChI is InChI=1S/C28H35ClFN5O/c1-5-32-13-15-33(16-14-32)27-26(21(4)31-35(27)25-8-6-7-24(30)17-25)19-34(18-20(2)3)28(36)22-9-11-23(29)12-10-22/h6-12,17,20H,5,13-16,18-19H2,1-4H3. The van der Waals surface area contributed by atoms with Gasteiger partial charge in [0.05, 0.1) is 17.9 Å². The number of aromatic nitrogens is 2. The minimum atomic E-state index is -0.302. The Labute approximate surface area is 218 Å². The monoisotopic (exact) mass is 511 g/mol. The number of carbonyl (C=O) groups is 1. The molecule has 1 aliphatic heterocycles. The van der Waals surface area contributed by atoms with E-state index >= 15 is 0 Å². The number of amides is 1. The molecule has 2 heterocycles. The Hall–Kier alpha value is -2.90. The summed E-state index contributed by atoms with van der Waals surface area (Å²) in [5, 5.41) is 5.45. The molecule has 0 radical (unpaired) electrons. The molecule has 0 spiro atoms. The highest BCUT2D eigenvalue weighted by atomic mass is 35.5. The zero-order valence-electron chi connectivity index (χ0n) is 21.5. The zero-order chi connectivity index (χ0) is 25.8. The van der Waals surface area contributed by atoms with E-state index in [4.69, 9.17) is 16.7 Å². The third kappa shape index (κ3) is 5.90. The zero-order valence-corrected chi connectivity index (χ0v) is 22.3. The highest BCUT2D eigenvalue weighted by Gasteiger charge is 2.28. The molecule has 36 heavy (non-hydrogen) atoms. The SMILES string of the molecule is CCN1CCN(c2c(CN(CC(C)C)C(=O)c3ccc(Cl)cc3)c(C)nn2-c2cccc(F)c2)CC1. The van der Waals surface area contributed by atoms with Gasteiger partial charge in [-0.2, -0.15) is 5.10 Å². The van der Waals surface area contributed by atoms with Crippen molar-refractivity contribution in [2.75, 3.05) is 44.2 Å². The molecule has 0 atom stereocenters. The lowest BCUT2D eigenvalue weighted by Gasteiger charge is -2.36. The van der Waals surface area contributed by atoms with Crippen LogP contribution in [0.4, 0.5) is 10.2 Å². The lowest BCUT2D eigenvalue weighted by molar-refractivity contribution is 0.0722. The fourth-order valence-electron chi connectivity index (χ4n) is 4.75. The smallest absolute Gasteiger partial charge is 0.254 e. The van der Waals surface area contributed by atoms with Crippen molar-refractivity contribution in [3.8, 4) is 5.69 Å². The summed E-state index contributed by atoms with van der Waals surface area (Å²) in [6.45, 7) is 14.0. The van der Waals surface area contributed by atoms with Crippen molar-refractivity contribution in [2.45, 2.75) is 34.2 Å². The summed E-state index contributed by atoms with van der Waals surface area (Å²) in [6.07, 6.45) is 0. The maximum atomic E-state index is 14.2. The third-order valence-electron chi connectivity index (χ3n) is 6.64. The molecule has 0 N–H and O–H groups in total. The number of halogens is 2. The number of hydrogen-bond acceptors (Lipinski definition) is 4. The van der Waals surface area contributed by atoms with E-state index in [0.717, 1.165) is 49.8 Å². The molecule has 3 aromatic rings. The fraction of sp³-hybridized carbons (Fsp3) is 0.429. The topological polar surface area (TPSA) is 44.6 Å². The van der Waals surface area contributed by atoms with Gasteiger partial charge in [0.2, 0.25) is 0 Å². The van der Waals surface area contributed by atoms with E-state index in [2.05, 4.69) is 30.6 Å². The van der Waals surface area contributed by atoms with Gasteiger partial charge in [-0.05, 0) is 61.9 Å². The quantitative estimate of drug-likeness (QED) is 0.405. The molecule has 1 aliphatic rings. The molecule has 0 bridgehead atoms. The molecule has 0 saturated carbocycles. The molecule has 1 amide bonds. The van der Waals surface area contributed by atoms with Gasteiger partial charge in [0.1, 0.15) is 11.6 Å². The summed E-state index contributed by atoms with van der Waals surface area (Å²) in [5.74, 6) is 0.881. The summed E-state index contributed by atoms with van der Waals surface area (Å²) in [4.78, 5) is 20.2. The van der Waals surface area contributed by atoms with E-state index in [1.807, 2.05) is 22.6 Å². The molecular weight excluding hydrogens is 477 g/mol. The lowest BCUT2D eigenvalue weighted by atomic mass is 10.1. The van der Waals surface area contributed by atoms with Crippen LogP contribution in [-0.2, 0) is 6.54 Å². The van der Waals surface area contributed by atoms with Crippen molar-refractivity contribution < 1.29 is 9.18 Å². The predicted octanol–water partition coefficient (Wildman–Crippen LogP) is 5.41. The van der Waals surface area contributed by atoms with Gasteiger partial charge < -0.3 is 14.7 Å². The number of rotatable bonds is 8. The van der Waals surface area contributed by atoms with Crippen molar-refractivity contribution in [3.63, 3.8) is 0 Å². The first kappa shape index (κ1) is 26.2. The molecule has 0 aliphatic carbocycles. The van der Waals surface area contributed by atoms with Crippen molar-refractivity contribution in [2.24, 2.45) is 5.92 Å². The van der Waals surface area contributed by atoms with E-state index in [-0.39, 0.29) is 17.6 Å². The maximum absolute atomic E-state index is 14.2. The second kappa shape index (κ2) is 11.4. The molecular formula is C28H35ClFN5O. The summed E-state index contributed by atoms with van der Waals surface area (Å²) in [5.41, 5.74) is 3.11. The number of anilines is 1. The second-order valence-corrected chi connectivity index (χ2v) is 10.2. The molecule has 4 rings (SSSR count). The highest BCUT2D eigenvalue weighted by molar-refractivity contribution is 6.30. The summed E-state index contributed by atoms with van der Waals surface area (Å²) < 4.78 is 16.0. The summed E-state index contributed by atoms with van der Waals surface area (Å²) in [6, 6.07) is 13.5. The Morgan fingerprint density at radius 2 is 1.81 bits per heavy atom. The van der Waals surface area contributed by atoms with Crippen LogP contribution in [0.1, 0.15) is 42.4 Å². The number of hydrogen-bond donors (Lipinski definition) is 0. The van der Waals surface area contributed by atoms with Gasteiger partial charge in [-0.25, -0.2) is 9.07 Å². The number of benzene rings is 2. The number of carbonyl (C=O) groups excluding carboxylic acids is 1. The lowest BCUT2D eigenvalue weighted by Crippen LogP contribution is -2.47. The van der Waals surface area contributed by atoms with Crippen LogP contribution < -0.4 is 4.90 Å². The maximum Gasteiger partial charge on any atom is 0.254 e. The average Bonchev–Trinajstić information content (AvgIpc) is 3.19. The highest BCUT2D eigenvalue weighted by Crippen LogP contribution is 2.30. The van der Waals surface area contributed by atoms with E-state index in [9.17, 15) is 9.18 Å². The predicted molar refractivity (Wildman–Crippen MR) is 144 cm³/mol. The fourth-order valence-corrected chi connectivity index (χ4v) is 4.87. The molecule has 6 nitrogen and oxygen atoms in total. The van der Waals surface area contributed by atoms with Crippen LogP contribution in [-0.4, -0.2) is 64.8 Å². The Morgan fingerprint density at radius 1 is 1.11 bits per heavy atom. The first-order chi connectivity index (χ1) is 17.3. The van der Waals surface area contributed by atoms with E-state index in [1.54, 1.807) is 30.3 Å². The average molecular weight is 512 g/mol. The normalized spacial score (nSPS) is 14.5. The second-order valence-electron chi connectivity index (χ2n) is 9.79. The molecule has 1 aromatic heterocycles. The van der Waals surface area contributed by atoms with E-state index in [1.165, 1.54) is 12.1 Å². The van der Waals surface area contributed by atoms with Crippen molar-refractivity contribution in [1.29, 1.82) is 0 Å². The summed E-state index contributed by atoms with van der Waals surface area (Å²) in [7, 11) is 0. The van der Waals surface area contributed by atoms with Gasteiger partial charge in [0.25, 0.3) is 5.91 Å². The van der Waals surface area contributed by atoms with E-state index < -0.39 is 0 Å². The van der Waals surface area contributed by atoms with E-state index in [0.29, 0.717) is 29.4 Å². The van der Waals surface area contributed by atoms with Crippen molar-refractivity contribution >= 4 is 23.3 Å². The van der Waals surface area contributed by atoms with Crippen molar-refractivity contribution in [1.82, 2.24) is 19.6 Å². The minimum absolute atomic E-state index is 0.0416. The summed E-state index contributed by atoms with van der Waals surface area (Å²) >= 11 is 6.06. The Balaban J connectivity index is 1.75. The van der Waals surface area contributed by atoms with Gasteiger partial charge in [-0.1, -0.05) is 38.4 Å². The van der Waals surface area contributed by atoms with Crippen LogP contribution in [0.2, 0.25) is 5.02 Å². The number of piperazine rings is 1.